The molecule has 0 radical (unpaired) electrons. The normalized spacial score (nSPS) is 26.1. The Morgan fingerprint density at radius 3 is 2.87 bits per heavy atom. The summed E-state index contributed by atoms with van der Waals surface area (Å²) in [6.45, 7) is 6.16. The number of nitrogens with two attached hydrogens (primary N) is 1. The number of thioether (sulfide) groups is 1. The second-order valence-electron chi connectivity index (χ2n) is 4.03. The smallest absolute Gasteiger partial charge is 0.188 e. The first-order valence-electron chi connectivity index (χ1n) is 5.34. The van der Waals surface area contributed by atoms with E-state index in [9.17, 15) is 0 Å². The van der Waals surface area contributed by atoms with Crippen molar-refractivity contribution in [2.45, 2.75) is 37.9 Å². The highest BCUT2D eigenvalue weighted by molar-refractivity contribution is 14.0. The van der Waals surface area contributed by atoms with E-state index in [0.29, 0.717) is 10.7 Å². The third-order valence-corrected chi connectivity index (χ3v) is 3.96. The standard InChI is InChI=1S/C10H21N3S.HI/c1-3-6-12-9(11)13-8-10(2)5-4-7-14-10;/h3-8H2,1-2H3,(H3,11,12,13);1H. The summed E-state index contributed by atoms with van der Waals surface area (Å²) in [7, 11) is 0. The minimum atomic E-state index is 0. The number of guanidine groups is 1. The Morgan fingerprint density at radius 2 is 2.33 bits per heavy atom. The molecule has 0 bridgehead atoms. The molecule has 1 atom stereocenters. The van der Waals surface area contributed by atoms with Crippen molar-refractivity contribution in [2.75, 3.05) is 18.8 Å². The average Bonchev–Trinajstić information content (AvgIpc) is 2.60. The van der Waals surface area contributed by atoms with Crippen molar-refractivity contribution < 1.29 is 0 Å². The van der Waals surface area contributed by atoms with Gasteiger partial charge < -0.3 is 11.1 Å². The molecular weight excluding hydrogens is 321 g/mol. The van der Waals surface area contributed by atoms with Crippen molar-refractivity contribution in [1.82, 2.24) is 5.32 Å². The Balaban J connectivity index is 0.00000196. The highest BCUT2D eigenvalue weighted by Gasteiger charge is 2.28. The summed E-state index contributed by atoms with van der Waals surface area (Å²) < 4.78 is 0.332. The molecule has 1 unspecified atom stereocenters. The number of halogens is 1. The lowest BCUT2D eigenvalue weighted by molar-refractivity contribution is 0.616. The lowest BCUT2D eigenvalue weighted by atomic mass is 10.1. The van der Waals surface area contributed by atoms with Crippen LogP contribution in [-0.4, -0.2) is 29.5 Å². The first kappa shape index (κ1) is 15.3. The number of hydrogen-bond acceptors (Lipinski definition) is 2. The van der Waals surface area contributed by atoms with Crippen molar-refractivity contribution in [2.24, 2.45) is 10.7 Å². The van der Waals surface area contributed by atoms with E-state index in [1.165, 1.54) is 18.6 Å². The van der Waals surface area contributed by atoms with Crippen LogP contribution in [0.15, 0.2) is 4.99 Å². The van der Waals surface area contributed by atoms with Crippen molar-refractivity contribution >= 4 is 41.7 Å². The van der Waals surface area contributed by atoms with Crippen molar-refractivity contribution in [1.29, 1.82) is 0 Å². The van der Waals surface area contributed by atoms with Gasteiger partial charge in [-0.1, -0.05) is 6.92 Å². The zero-order valence-corrected chi connectivity index (χ0v) is 12.7. The molecule has 90 valence electrons. The van der Waals surface area contributed by atoms with Crippen molar-refractivity contribution in [3.63, 3.8) is 0 Å². The quantitative estimate of drug-likeness (QED) is 0.467. The Labute approximate surface area is 114 Å². The molecule has 3 nitrogen and oxygen atoms in total. The third kappa shape index (κ3) is 5.85. The van der Waals surface area contributed by atoms with E-state index in [0.717, 1.165) is 19.5 Å². The van der Waals surface area contributed by atoms with Gasteiger partial charge in [-0.15, -0.1) is 24.0 Å². The van der Waals surface area contributed by atoms with Crippen LogP contribution in [0.5, 0.6) is 0 Å². The van der Waals surface area contributed by atoms with Crippen LogP contribution < -0.4 is 11.1 Å². The Kier molecular flexibility index (Phi) is 7.77. The minimum absolute atomic E-state index is 0. The second-order valence-corrected chi connectivity index (χ2v) is 5.71. The fourth-order valence-corrected chi connectivity index (χ4v) is 2.75. The molecule has 1 rings (SSSR count). The fraction of sp³-hybridized carbons (Fsp3) is 0.900. The summed E-state index contributed by atoms with van der Waals surface area (Å²) in [4.78, 5) is 4.38. The lowest BCUT2D eigenvalue weighted by Gasteiger charge is -2.19. The van der Waals surface area contributed by atoms with Crippen molar-refractivity contribution in [3.05, 3.63) is 0 Å². The largest absolute Gasteiger partial charge is 0.370 e. The zero-order valence-electron chi connectivity index (χ0n) is 9.58. The molecule has 0 amide bonds. The number of nitrogens with zero attached hydrogens (tertiary/aromatic N) is 1. The number of nitrogens with one attached hydrogen (secondary N) is 1. The SMILES string of the molecule is CCCNC(N)=NCC1(C)CCCS1.I. The van der Waals surface area contributed by atoms with Crippen LogP contribution in [0.3, 0.4) is 0 Å². The van der Waals surface area contributed by atoms with E-state index < -0.39 is 0 Å². The highest BCUT2D eigenvalue weighted by atomic mass is 127. The van der Waals surface area contributed by atoms with Gasteiger partial charge in [0.15, 0.2) is 5.96 Å². The topological polar surface area (TPSA) is 50.4 Å². The summed E-state index contributed by atoms with van der Waals surface area (Å²) >= 11 is 2.02. The molecular formula is C10H22IN3S. The molecule has 3 N–H and O–H groups in total. The molecule has 0 aliphatic carbocycles. The van der Waals surface area contributed by atoms with Gasteiger partial charge in [0, 0.05) is 11.3 Å². The average molecular weight is 343 g/mol. The molecule has 0 aromatic carbocycles. The number of hydrogen-bond donors (Lipinski definition) is 2. The molecule has 5 heteroatoms. The predicted molar refractivity (Wildman–Crippen MR) is 80.3 cm³/mol. The summed E-state index contributed by atoms with van der Waals surface area (Å²) in [5, 5.41) is 3.09. The molecule has 0 aromatic heterocycles. The third-order valence-electron chi connectivity index (χ3n) is 2.44. The van der Waals surface area contributed by atoms with Crippen molar-refractivity contribution in [3.8, 4) is 0 Å². The number of aliphatic imine (C=N–C) groups is 1. The van der Waals surface area contributed by atoms with Crippen LogP contribution in [0, 0.1) is 0 Å². The van der Waals surface area contributed by atoms with Gasteiger partial charge in [0.25, 0.3) is 0 Å². The van der Waals surface area contributed by atoms with E-state index in [-0.39, 0.29) is 24.0 Å². The van der Waals surface area contributed by atoms with Crippen LogP contribution in [0.25, 0.3) is 0 Å². The molecule has 1 fully saturated rings. The van der Waals surface area contributed by atoms with E-state index in [2.05, 4.69) is 24.2 Å². The van der Waals surface area contributed by atoms with Crippen LogP contribution in [0.1, 0.15) is 33.1 Å². The van der Waals surface area contributed by atoms with Gasteiger partial charge in [-0.05, 0) is 31.9 Å². The first-order valence-corrected chi connectivity index (χ1v) is 6.32. The molecule has 0 spiro atoms. The summed E-state index contributed by atoms with van der Waals surface area (Å²) in [6, 6.07) is 0. The van der Waals surface area contributed by atoms with E-state index in [1.807, 2.05) is 11.8 Å². The van der Waals surface area contributed by atoms with Gasteiger partial charge in [-0.2, -0.15) is 11.8 Å². The molecule has 15 heavy (non-hydrogen) atoms. The Hall–Kier alpha value is 0.350. The van der Waals surface area contributed by atoms with E-state index >= 15 is 0 Å². The van der Waals surface area contributed by atoms with Gasteiger partial charge in [0.2, 0.25) is 0 Å². The maximum absolute atomic E-state index is 5.73. The van der Waals surface area contributed by atoms with Gasteiger partial charge in [-0.3, -0.25) is 4.99 Å². The molecule has 1 aliphatic heterocycles. The minimum Gasteiger partial charge on any atom is -0.370 e. The van der Waals surface area contributed by atoms with E-state index in [1.54, 1.807) is 0 Å². The van der Waals surface area contributed by atoms with Gasteiger partial charge in [-0.25, -0.2) is 0 Å². The Bertz CT molecular complexity index is 203. The number of rotatable bonds is 4. The van der Waals surface area contributed by atoms with Gasteiger partial charge in [0.05, 0.1) is 6.54 Å². The lowest BCUT2D eigenvalue weighted by Crippen LogP contribution is -2.34. The fourth-order valence-electron chi connectivity index (χ4n) is 1.52. The maximum Gasteiger partial charge on any atom is 0.188 e. The molecule has 0 aromatic rings. The van der Waals surface area contributed by atoms with E-state index in [4.69, 9.17) is 5.73 Å². The van der Waals surface area contributed by atoms with Crippen LogP contribution in [0.4, 0.5) is 0 Å². The maximum atomic E-state index is 5.73. The molecule has 1 aliphatic rings. The van der Waals surface area contributed by atoms with Crippen LogP contribution in [0.2, 0.25) is 0 Å². The molecule has 0 saturated carbocycles. The summed E-state index contributed by atoms with van der Waals surface area (Å²) in [5.74, 6) is 1.87. The Morgan fingerprint density at radius 1 is 1.60 bits per heavy atom. The first-order chi connectivity index (χ1) is 6.66. The highest BCUT2D eigenvalue weighted by Crippen LogP contribution is 2.37. The monoisotopic (exact) mass is 343 g/mol. The van der Waals surface area contributed by atoms with Crippen LogP contribution >= 0.6 is 35.7 Å². The second kappa shape index (κ2) is 7.60. The predicted octanol–water partition coefficient (Wildman–Crippen LogP) is 2.20. The van der Waals surface area contributed by atoms with Gasteiger partial charge >= 0.3 is 0 Å². The molecule has 1 heterocycles. The van der Waals surface area contributed by atoms with Crippen LogP contribution in [-0.2, 0) is 0 Å². The van der Waals surface area contributed by atoms with Gasteiger partial charge in [0.1, 0.15) is 0 Å². The summed E-state index contributed by atoms with van der Waals surface area (Å²) in [5.41, 5.74) is 5.73. The summed E-state index contributed by atoms with van der Waals surface area (Å²) in [6.07, 6.45) is 3.67. The molecule has 1 saturated heterocycles. The zero-order chi connectivity index (χ0) is 10.4.